The molecule has 0 radical (unpaired) electrons. The molecule has 2 aromatic carbocycles. The number of ether oxygens (including phenoxy) is 1. The summed E-state index contributed by atoms with van der Waals surface area (Å²) < 4.78 is 48.8. The molecule has 13 heteroatoms. The summed E-state index contributed by atoms with van der Waals surface area (Å²) in [6.07, 6.45) is 3.06. The third-order valence-electron chi connectivity index (χ3n) is 5.89. The number of hydrogen-bond donors (Lipinski definition) is 3. The van der Waals surface area contributed by atoms with Gasteiger partial charge < -0.3 is 15.8 Å². The van der Waals surface area contributed by atoms with Gasteiger partial charge in [-0.2, -0.15) is 0 Å². The highest BCUT2D eigenvalue weighted by Crippen LogP contribution is 2.35. The molecule has 1 amide bonds. The largest absolute Gasteiger partial charge is 0.497 e. The molecule has 38 heavy (non-hydrogen) atoms. The Bertz CT molecular complexity index is 1600. The van der Waals surface area contributed by atoms with E-state index in [0.29, 0.717) is 12.2 Å². The fourth-order valence-corrected chi connectivity index (χ4v) is 5.62. The van der Waals surface area contributed by atoms with E-state index in [2.05, 4.69) is 25.0 Å². The molecular formula is C25H24ClFN6O4S. The van der Waals surface area contributed by atoms with Gasteiger partial charge in [0.1, 0.15) is 28.9 Å². The number of nitrogen functional groups attached to an aromatic ring is 1. The van der Waals surface area contributed by atoms with E-state index in [1.165, 1.54) is 24.7 Å². The quantitative estimate of drug-likeness (QED) is 0.273. The van der Waals surface area contributed by atoms with Gasteiger partial charge in [0.05, 0.1) is 34.3 Å². The first-order valence-electron chi connectivity index (χ1n) is 11.4. The number of nitrogens with zero attached hydrogens (tertiary/aromatic N) is 3. The second kappa shape index (κ2) is 11.2. The van der Waals surface area contributed by atoms with E-state index in [1.807, 2.05) is 0 Å². The number of amides is 1. The van der Waals surface area contributed by atoms with E-state index < -0.39 is 32.7 Å². The smallest absolute Gasteiger partial charge is 0.258 e. The maximum Gasteiger partial charge on any atom is 0.258 e. The normalized spacial score (nSPS) is 12.2. The van der Waals surface area contributed by atoms with E-state index >= 15 is 0 Å². The van der Waals surface area contributed by atoms with Gasteiger partial charge in [-0.25, -0.2) is 22.8 Å². The molecule has 4 aromatic rings. The number of rotatable bonds is 9. The number of anilines is 3. The van der Waals surface area contributed by atoms with E-state index in [4.69, 9.17) is 22.1 Å². The van der Waals surface area contributed by atoms with Crippen LogP contribution in [0.3, 0.4) is 0 Å². The monoisotopic (exact) mass is 558 g/mol. The first-order valence-corrected chi connectivity index (χ1v) is 13.4. The number of halogens is 2. The van der Waals surface area contributed by atoms with Gasteiger partial charge in [-0.05, 0) is 48.7 Å². The molecule has 10 nitrogen and oxygen atoms in total. The lowest BCUT2D eigenvalue weighted by molar-refractivity contribution is 0.102. The van der Waals surface area contributed by atoms with E-state index in [9.17, 15) is 17.6 Å². The number of aromatic nitrogens is 3. The SMILES string of the molecule is CCC(Cc1ccc(OC)cc1)S(=O)(=O)Nc1ccc(F)c(NC(=O)c2ccnc3c(N)ncnc23)c1Cl. The Labute approximate surface area is 223 Å². The molecule has 0 fully saturated rings. The molecule has 1 atom stereocenters. The number of hydrogen-bond acceptors (Lipinski definition) is 8. The fourth-order valence-electron chi connectivity index (χ4n) is 3.83. The molecule has 2 aromatic heterocycles. The molecule has 198 valence electrons. The Kier molecular flexibility index (Phi) is 7.93. The van der Waals surface area contributed by atoms with Crippen LogP contribution in [0.25, 0.3) is 11.0 Å². The van der Waals surface area contributed by atoms with Crippen molar-refractivity contribution in [3.63, 3.8) is 0 Å². The van der Waals surface area contributed by atoms with Crippen LogP contribution in [0.2, 0.25) is 5.02 Å². The lowest BCUT2D eigenvalue weighted by Gasteiger charge is -2.19. The van der Waals surface area contributed by atoms with Crippen LogP contribution in [0.4, 0.5) is 21.6 Å². The number of sulfonamides is 1. The standard InChI is InChI=1S/C25H24ClFN6O4S/c1-3-16(12-14-4-6-15(37-2)7-5-14)38(35,36)33-19-9-8-18(27)22(20(19)26)32-25(34)17-10-11-29-23-21(17)30-13-31-24(23)28/h4-11,13,16,33H,3,12H2,1-2H3,(H,32,34)(H2,28,30,31). The molecule has 0 aliphatic carbocycles. The van der Waals surface area contributed by atoms with Gasteiger partial charge in [0.25, 0.3) is 5.91 Å². The zero-order valence-electron chi connectivity index (χ0n) is 20.4. The van der Waals surface area contributed by atoms with Gasteiger partial charge >= 0.3 is 0 Å². The minimum atomic E-state index is -3.95. The van der Waals surface area contributed by atoms with Crippen molar-refractivity contribution in [2.45, 2.75) is 25.0 Å². The molecule has 0 spiro atoms. The molecule has 0 saturated heterocycles. The lowest BCUT2D eigenvalue weighted by atomic mass is 10.1. The average Bonchev–Trinajstić information content (AvgIpc) is 2.91. The number of benzene rings is 2. The summed E-state index contributed by atoms with van der Waals surface area (Å²) in [7, 11) is -2.40. The number of fused-ring (bicyclic) bond motifs is 1. The molecule has 4 rings (SSSR count). The Hall–Kier alpha value is -4.03. The van der Waals surface area contributed by atoms with Crippen molar-refractivity contribution in [3.05, 3.63) is 77.0 Å². The predicted molar refractivity (Wildman–Crippen MR) is 144 cm³/mol. The van der Waals surface area contributed by atoms with Crippen molar-refractivity contribution >= 4 is 55.8 Å². The summed E-state index contributed by atoms with van der Waals surface area (Å²) in [4.78, 5) is 25.0. The number of nitrogens with two attached hydrogens (primary N) is 1. The highest BCUT2D eigenvalue weighted by molar-refractivity contribution is 7.93. The molecular weight excluding hydrogens is 535 g/mol. The van der Waals surface area contributed by atoms with Crippen molar-refractivity contribution in [3.8, 4) is 5.75 Å². The second-order valence-corrected chi connectivity index (χ2v) is 10.6. The maximum absolute atomic E-state index is 14.7. The van der Waals surface area contributed by atoms with Crippen LogP contribution in [-0.4, -0.2) is 41.6 Å². The fraction of sp³-hybridized carbons (Fsp3) is 0.200. The highest BCUT2D eigenvalue weighted by Gasteiger charge is 2.27. The molecule has 0 aliphatic heterocycles. The van der Waals surface area contributed by atoms with Crippen LogP contribution >= 0.6 is 11.6 Å². The van der Waals surface area contributed by atoms with Crippen molar-refractivity contribution in [1.29, 1.82) is 0 Å². The minimum Gasteiger partial charge on any atom is -0.497 e. The predicted octanol–water partition coefficient (Wildman–Crippen LogP) is 4.42. The van der Waals surface area contributed by atoms with Crippen molar-refractivity contribution in [2.75, 3.05) is 22.9 Å². The molecule has 0 aliphatic rings. The number of nitrogens with one attached hydrogen (secondary N) is 2. The summed E-state index contributed by atoms with van der Waals surface area (Å²) in [5, 5.41) is 1.29. The Morgan fingerprint density at radius 3 is 2.53 bits per heavy atom. The number of carbonyl (C=O) groups excluding carboxylic acids is 1. The first-order chi connectivity index (χ1) is 18.1. The summed E-state index contributed by atoms with van der Waals surface area (Å²) in [6.45, 7) is 1.75. The molecule has 2 heterocycles. The van der Waals surface area contributed by atoms with Crippen molar-refractivity contribution in [2.24, 2.45) is 0 Å². The van der Waals surface area contributed by atoms with Crippen LogP contribution in [-0.2, 0) is 16.4 Å². The number of pyridine rings is 1. The van der Waals surface area contributed by atoms with Crippen LogP contribution in [0.15, 0.2) is 55.0 Å². The summed E-state index contributed by atoms with van der Waals surface area (Å²) in [5.74, 6) is -0.872. The molecule has 4 N–H and O–H groups in total. The zero-order valence-corrected chi connectivity index (χ0v) is 22.0. The maximum atomic E-state index is 14.7. The van der Waals surface area contributed by atoms with Gasteiger partial charge in [-0.1, -0.05) is 30.7 Å². The lowest BCUT2D eigenvalue weighted by Crippen LogP contribution is -2.29. The molecule has 1 unspecified atom stereocenters. The average molecular weight is 559 g/mol. The van der Waals surface area contributed by atoms with Crippen LogP contribution in [0.5, 0.6) is 5.75 Å². The van der Waals surface area contributed by atoms with Crippen LogP contribution < -0.4 is 20.5 Å². The summed E-state index contributed by atoms with van der Waals surface area (Å²) >= 11 is 6.38. The van der Waals surface area contributed by atoms with Gasteiger partial charge in [-0.15, -0.1) is 0 Å². The first kappa shape index (κ1) is 27.0. The van der Waals surface area contributed by atoms with Gasteiger partial charge in [0.2, 0.25) is 10.0 Å². The number of carbonyl (C=O) groups is 1. The van der Waals surface area contributed by atoms with Gasteiger partial charge in [0, 0.05) is 6.20 Å². The third kappa shape index (κ3) is 5.60. The number of methoxy groups -OCH3 is 1. The zero-order chi connectivity index (χ0) is 27.4. The van der Waals surface area contributed by atoms with Crippen LogP contribution in [0.1, 0.15) is 29.3 Å². The Balaban J connectivity index is 1.59. The summed E-state index contributed by atoms with van der Waals surface area (Å²) in [5.41, 5.74) is 6.55. The second-order valence-electron chi connectivity index (χ2n) is 8.28. The van der Waals surface area contributed by atoms with E-state index in [1.54, 1.807) is 38.3 Å². The molecule has 0 bridgehead atoms. The van der Waals surface area contributed by atoms with E-state index in [-0.39, 0.29) is 39.5 Å². The topological polar surface area (TPSA) is 149 Å². The minimum absolute atomic E-state index is 0.0519. The van der Waals surface area contributed by atoms with E-state index in [0.717, 1.165) is 11.6 Å². The van der Waals surface area contributed by atoms with Gasteiger partial charge in [0.15, 0.2) is 5.82 Å². The highest BCUT2D eigenvalue weighted by atomic mass is 35.5. The van der Waals surface area contributed by atoms with Crippen LogP contribution in [0, 0.1) is 5.82 Å². The Morgan fingerprint density at radius 1 is 1.11 bits per heavy atom. The van der Waals surface area contributed by atoms with Gasteiger partial charge in [-0.3, -0.25) is 14.5 Å². The summed E-state index contributed by atoms with van der Waals surface area (Å²) in [6, 6.07) is 10.7. The Morgan fingerprint density at radius 2 is 1.84 bits per heavy atom. The van der Waals surface area contributed by atoms with Crippen molar-refractivity contribution < 1.29 is 22.3 Å². The van der Waals surface area contributed by atoms with Crippen molar-refractivity contribution in [1.82, 2.24) is 15.0 Å². The molecule has 0 saturated carbocycles. The third-order valence-corrected chi connectivity index (χ3v) is 8.17.